The summed E-state index contributed by atoms with van der Waals surface area (Å²) in [5.41, 5.74) is 2.61. The molecule has 0 unspecified atom stereocenters. The Labute approximate surface area is 141 Å². The van der Waals surface area contributed by atoms with E-state index in [1.165, 1.54) is 23.9 Å². The van der Waals surface area contributed by atoms with E-state index in [1.54, 1.807) is 33.9 Å². The number of hydrogen-bond donors (Lipinski definition) is 1. The molecule has 1 aromatic carbocycles. The van der Waals surface area contributed by atoms with Crippen molar-refractivity contribution in [2.75, 3.05) is 11.1 Å². The van der Waals surface area contributed by atoms with Crippen molar-refractivity contribution in [3.8, 4) is 5.69 Å². The Balaban J connectivity index is 1.82. The highest BCUT2D eigenvalue weighted by molar-refractivity contribution is 8.00. The molecule has 1 atom stereocenters. The van der Waals surface area contributed by atoms with Crippen molar-refractivity contribution < 1.29 is 9.18 Å². The van der Waals surface area contributed by atoms with Gasteiger partial charge in [0.1, 0.15) is 11.6 Å². The summed E-state index contributed by atoms with van der Waals surface area (Å²) < 4.78 is 16.5. The summed E-state index contributed by atoms with van der Waals surface area (Å²) in [7, 11) is 1.86. The summed E-state index contributed by atoms with van der Waals surface area (Å²) in [6.07, 6.45) is 5.48. The van der Waals surface area contributed by atoms with Crippen molar-refractivity contribution in [2.45, 2.75) is 5.25 Å². The summed E-state index contributed by atoms with van der Waals surface area (Å²) >= 11 is 1.53. The largest absolute Gasteiger partial charge is 0.310 e. The van der Waals surface area contributed by atoms with Crippen LogP contribution < -0.4 is 5.32 Å². The molecule has 3 aromatic rings. The number of thioether (sulfide) groups is 1. The third-order valence-corrected chi connectivity index (χ3v) is 5.11. The number of hydrogen-bond acceptors (Lipinski definition) is 4. The van der Waals surface area contributed by atoms with Crippen molar-refractivity contribution in [2.24, 2.45) is 7.05 Å². The quantitative estimate of drug-likeness (QED) is 0.776. The molecule has 3 heterocycles. The van der Waals surface area contributed by atoms with E-state index in [-0.39, 0.29) is 17.0 Å². The number of aryl methyl sites for hydroxylation is 1. The zero-order valence-corrected chi connectivity index (χ0v) is 13.6. The predicted molar refractivity (Wildman–Crippen MR) is 89.7 cm³/mol. The minimum atomic E-state index is -0.315. The summed E-state index contributed by atoms with van der Waals surface area (Å²) in [5.74, 6) is 0.560. The molecule has 24 heavy (non-hydrogen) atoms. The van der Waals surface area contributed by atoms with E-state index in [4.69, 9.17) is 0 Å². The SMILES string of the molecule is Cn1cc([C@@H]2SCC(=O)Nc3c2cnn3-c2ccc(F)cc2)cn1. The van der Waals surface area contributed by atoms with Gasteiger partial charge in [-0.25, -0.2) is 9.07 Å². The molecular weight excluding hydrogens is 329 g/mol. The molecule has 0 aliphatic carbocycles. The highest BCUT2D eigenvalue weighted by Gasteiger charge is 2.28. The molecule has 2 aromatic heterocycles. The molecule has 6 nitrogen and oxygen atoms in total. The average Bonchev–Trinajstić information content (AvgIpc) is 3.12. The topological polar surface area (TPSA) is 64.7 Å². The third-order valence-electron chi connectivity index (χ3n) is 3.82. The number of benzene rings is 1. The molecule has 8 heteroatoms. The summed E-state index contributed by atoms with van der Waals surface area (Å²) in [6, 6.07) is 6.00. The van der Waals surface area contributed by atoms with Crippen LogP contribution in [0.2, 0.25) is 0 Å². The smallest absolute Gasteiger partial charge is 0.235 e. The highest BCUT2D eigenvalue weighted by Crippen LogP contribution is 2.41. The molecule has 0 bridgehead atoms. The van der Waals surface area contributed by atoms with E-state index in [1.807, 2.05) is 13.2 Å². The third kappa shape index (κ3) is 2.58. The lowest BCUT2D eigenvalue weighted by Gasteiger charge is -2.12. The first-order chi connectivity index (χ1) is 11.6. The Hall–Kier alpha value is -2.61. The van der Waals surface area contributed by atoms with Crippen molar-refractivity contribution >= 4 is 23.5 Å². The van der Waals surface area contributed by atoms with E-state index in [2.05, 4.69) is 15.5 Å². The van der Waals surface area contributed by atoms with Gasteiger partial charge in [-0.3, -0.25) is 9.48 Å². The Morgan fingerprint density at radius 2 is 2.04 bits per heavy atom. The van der Waals surface area contributed by atoms with E-state index < -0.39 is 0 Å². The average molecular weight is 343 g/mol. The number of amides is 1. The van der Waals surface area contributed by atoms with Crippen molar-refractivity contribution in [1.29, 1.82) is 0 Å². The molecule has 1 amide bonds. The maximum Gasteiger partial charge on any atom is 0.235 e. The van der Waals surface area contributed by atoms with Gasteiger partial charge >= 0.3 is 0 Å². The Morgan fingerprint density at radius 3 is 2.75 bits per heavy atom. The number of rotatable bonds is 2. The zero-order valence-electron chi connectivity index (χ0n) is 12.8. The minimum Gasteiger partial charge on any atom is -0.310 e. The first-order valence-corrected chi connectivity index (χ1v) is 8.40. The maximum absolute atomic E-state index is 13.2. The fourth-order valence-corrected chi connectivity index (χ4v) is 3.78. The first kappa shape index (κ1) is 14.9. The van der Waals surface area contributed by atoms with Crippen LogP contribution in [0.4, 0.5) is 10.2 Å². The van der Waals surface area contributed by atoms with Crippen LogP contribution in [0.3, 0.4) is 0 Å². The van der Waals surface area contributed by atoms with Crippen LogP contribution in [-0.4, -0.2) is 31.2 Å². The Bertz CT molecular complexity index is 902. The molecule has 0 fully saturated rings. The predicted octanol–water partition coefficient (Wildman–Crippen LogP) is 2.52. The van der Waals surface area contributed by atoms with Gasteiger partial charge in [-0.2, -0.15) is 10.2 Å². The first-order valence-electron chi connectivity index (χ1n) is 7.35. The van der Waals surface area contributed by atoms with Gasteiger partial charge in [0.25, 0.3) is 0 Å². The van der Waals surface area contributed by atoms with Crippen LogP contribution in [0.1, 0.15) is 16.4 Å². The monoisotopic (exact) mass is 343 g/mol. The molecular formula is C16H14FN5OS. The lowest BCUT2D eigenvalue weighted by Crippen LogP contribution is -2.15. The van der Waals surface area contributed by atoms with E-state index in [0.717, 1.165) is 11.1 Å². The second-order valence-corrected chi connectivity index (χ2v) is 6.62. The molecule has 122 valence electrons. The molecule has 0 saturated carbocycles. The van der Waals surface area contributed by atoms with Crippen LogP contribution in [0.15, 0.2) is 42.9 Å². The van der Waals surface area contributed by atoms with Crippen LogP contribution in [0, 0.1) is 5.82 Å². The molecule has 1 aliphatic heterocycles. The van der Waals surface area contributed by atoms with Gasteiger partial charge in [0.05, 0.1) is 29.1 Å². The van der Waals surface area contributed by atoms with Gasteiger partial charge < -0.3 is 5.32 Å². The van der Waals surface area contributed by atoms with Crippen molar-refractivity contribution in [3.63, 3.8) is 0 Å². The summed E-state index contributed by atoms with van der Waals surface area (Å²) in [4.78, 5) is 12.1. The van der Waals surface area contributed by atoms with Crippen LogP contribution in [-0.2, 0) is 11.8 Å². The van der Waals surface area contributed by atoms with Gasteiger partial charge in [0.15, 0.2) is 0 Å². The second kappa shape index (κ2) is 5.79. The fraction of sp³-hybridized carbons (Fsp3) is 0.188. The maximum atomic E-state index is 13.2. The molecule has 0 spiro atoms. The molecule has 4 rings (SSSR count). The number of carbonyl (C=O) groups excluding carboxylic acids is 1. The normalized spacial score (nSPS) is 17.2. The van der Waals surface area contributed by atoms with Gasteiger partial charge in [-0.1, -0.05) is 0 Å². The molecule has 1 aliphatic rings. The molecule has 0 saturated heterocycles. The van der Waals surface area contributed by atoms with Gasteiger partial charge in [-0.15, -0.1) is 11.8 Å². The van der Waals surface area contributed by atoms with Crippen molar-refractivity contribution in [3.05, 3.63) is 59.8 Å². The second-order valence-electron chi connectivity index (χ2n) is 5.52. The van der Waals surface area contributed by atoms with Crippen molar-refractivity contribution in [1.82, 2.24) is 19.6 Å². The molecule has 1 N–H and O–H groups in total. The number of aromatic nitrogens is 4. The number of halogens is 1. The highest BCUT2D eigenvalue weighted by atomic mass is 32.2. The lowest BCUT2D eigenvalue weighted by molar-refractivity contribution is -0.113. The fourth-order valence-electron chi connectivity index (χ4n) is 2.72. The number of anilines is 1. The summed E-state index contributed by atoms with van der Waals surface area (Å²) in [6.45, 7) is 0. The Kier molecular flexibility index (Phi) is 3.61. The van der Waals surface area contributed by atoms with E-state index >= 15 is 0 Å². The van der Waals surface area contributed by atoms with Crippen LogP contribution in [0.5, 0.6) is 0 Å². The number of fused-ring (bicyclic) bond motifs is 1. The number of carbonyl (C=O) groups is 1. The van der Waals surface area contributed by atoms with Crippen LogP contribution in [0.25, 0.3) is 5.69 Å². The minimum absolute atomic E-state index is 0.0400. The molecule has 0 radical (unpaired) electrons. The summed E-state index contributed by atoms with van der Waals surface area (Å²) in [5, 5.41) is 11.5. The number of nitrogens with one attached hydrogen (secondary N) is 1. The standard InChI is InChI=1S/C16H14FN5OS/c1-21-8-10(6-18-21)15-13-7-19-22(12-4-2-11(17)3-5-12)16(13)20-14(23)9-24-15/h2-8,15H,9H2,1H3,(H,20,23)/t15-/m0/s1. The van der Waals surface area contributed by atoms with Gasteiger partial charge in [-0.05, 0) is 24.3 Å². The Morgan fingerprint density at radius 1 is 1.25 bits per heavy atom. The van der Waals surface area contributed by atoms with E-state index in [9.17, 15) is 9.18 Å². The van der Waals surface area contributed by atoms with E-state index in [0.29, 0.717) is 17.3 Å². The van der Waals surface area contributed by atoms with Gasteiger partial charge in [0, 0.05) is 24.4 Å². The van der Waals surface area contributed by atoms with Crippen LogP contribution >= 0.6 is 11.8 Å². The zero-order chi connectivity index (χ0) is 16.7. The number of nitrogens with zero attached hydrogens (tertiary/aromatic N) is 4. The van der Waals surface area contributed by atoms with Gasteiger partial charge in [0.2, 0.25) is 5.91 Å². The lowest BCUT2D eigenvalue weighted by atomic mass is 10.1.